The Morgan fingerprint density at radius 3 is 2.35 bits per heavy atom. The number of likely N-dealkylation sites (tertiary alicyclic amines) is 1. The number of hydrogen-bond acceptors (Lipinski definition) is 6. The Hall–Kier alpha value is -2.35. The number of nitro groups is 1. The number of anilines is 1. The molecular weight excluding hydrogens is 338 g/mol. The molecule has 2 N–H and O–H groups in total. The Morgan fingerprint density at radius 1 is 1.35 bits per heavy atom. The molecular formula is C18H27N3O5. The molecule has 1 saturated heterocycles. The number of nitrogens with zero attached hydrogens (tertiary/aromatic N) is 3. The largest absolute Gasteiger partial charge is 0.508 e. The molecule has 2 aliphatic heterocycles. The Bertz CT molecular complexity index is 743. The van der Waals surface area contributed by atoms with Crippen LogP contribution in [0.25, 0.3) is 0 Å². The fraction of sp³-hybridized carbons (Fsp3) is 0.611. The maximum atomic E-state index is 11.2. The highest BCUT2D eigenvalue weighted by atomic mass is 16.6. The summed E-state index contributed by atoms with van der Waals surface area (Å²) < 4.78 is 0. The Balaban J connectivity index is 0.000000298. The minimum absolute atomic E-state index is 0.0125. The van der Waals surface area contributed by atoms with Crippen LogP contribution in [0, 0.1) is 15.5 Å². The summed E-state index contributed by atoms with van der Waals surface area (Å²) in [6.45, 7) is 8.06. The van der Waals surface area contributed by atoms with Gasteiger partial charge in [-0.1, -0.05) is 6.92 Å². The number of aromatic hydroxyl groups is 1. The highest BCUT2D eigenvalue weighted by molar-refractivity contribution is 5.76. The van der Waals surface area contributed by atoms with Crippen molar-refractivity contribution in [1.82, 2.24) is 4.90 Å². The number of rotatable bonds is 1. The molecule has 0 aromatic heterocycles. The van der Waals surface area contributed by atoms with Crippen molar-refractivity contribution in [3.05, 3.63) is 27.8 Å². The van der Waals surface area contributed by atoms with Gasteiger partial charge in [0.1, 0.15) is 11.4 Å². The maximum absolute atomic E-state index is 11.2. The highest BCUT2D eigenvalue weighted by Crippen LogP contribution is 2.54. The van der Waals surface area contributed by atoms with Crippen LogP contribution in [0.3, 0.4) is 0 Å². The molecule has 1 fully saturated rings. The number of benzene rings is 1. The molecule has 2 aliphatic rings. The van der Waals surface area contributed by atoms with Crippen LogP contribution in [0.1, 0.15) is 39.7 Å². The fourth-order valence-electron chi connectivity index (χ4n) is 3.82. The van der Waals surface area contributed by atoms with Crippen molar-refractivity contribution >= 4 is 17.3 Å². The van der Waals surface area contributed by atoms with Gasteiger partial charge in [-0.05, 0) is 45.9 Å². The second-order valence-corrected chi connectivity index (χ2v) is 8.31. The van der Waals surface area contributed by atoms with Crippen LogP contribution in [0.2, 0.25) is 0 Å². The third kappa shape index (κ3) is 3.21. The van der Waals surface area contributed by atoms with E-state index >= 15 is 0 Å². The Labute approximate surface area is 153 Å². The van der Waals surface area contributed by atoms with Gasteiger partial charge in [-0.3, -0.25) is 19.8 Å². The van der Waals surface area contributed by atoms with Crippen LogP contribution in [0.5, 0.6) is 5.75 Å². The standard InChI is InChI=1S/C13H17N3O3.C5H10O2/c1-13-4-5-14(2)12(13)15(3)11-9(13)6-8(17)7-10(11)16(18)19;1-5(2,3)4(6)7/h6-7,12,17H,4-5H2,1-3H3;1-3H3,(H,6,7)/t12-,13+;/m1./s1. The van der Waals surface area contributed by atoms with Crippen molar-refractivity contribution in [3.63, 3.8) is 0 Å². The average molecular weight is 365 g/mol. The summed E-state index contributed by atoms with van der Waals surface area (Å²) in [5, 5.41) is 29.2. The average Bonchev–Trinajstić information content (AvgIpc) is 2.92. The summed E-state index contributed by atoms with van der Waals surface area (Å²) in [4.78, 5) is 25.0. The molecule has 0 spiro atoms. The molecule has 0 unspecified atom stereocenters. The van der Waals surface area contributed by atoms with Gasteiger partial charge in [-0.2, -0.15) is 0 Å². The fourth-order valence-corrected chi connectivity index (χ4v) is 3.82. The van der Waals surface area contributed by atoms with Gasteiger partial charge in [-0.25, -0.2) is 0 Å². The van der Waals surface area contributed by atoms with Crippen molar-refractivity contribution in [2.24, 2.45) is 5.41 Å². The van der Waals surface area contributed by atoms with Crippen LogP contribution in [-0.2, 0) is 10.2 Å². The quantitative estimate of drug-likeness (QED) is 0.582. The lowest BCUT2D eigenvalue weighted by Crippen LogP contribution is -2.45. The Morgan fingerprint density at radius 2 is 1.88 bits per heavy atom. The van der Waals surface area contributed by atoms with E-state index in [-0.39, 0.29) is 23.0 Å². The summed E-state index contributed by atoms with van der Waals surface area (Å²) in [7, 11) is 3.92. The number of carboxylic acid groups (broad SMARTS) is 1. The van der Waals surface area contributed by atoms with Gasteiger partial charge in [0.05, 0.1) is 22.6 Å². The lowest BCUT2D eigenvalue weighted by molar-refractivity contribution is -0.384. The number of carboxylic acids is 1. The van der Waals surface area contributed by atoms with E-state index in [1.54, 1.807) is 26.8 Å². The summed E-state index contributed by atoms with van der Waals surface area (Å²) in [6, 6.07) is 2.91. The molecule has 0 radical (unpaired) electrons. The van der Waals surface area contributed by atoms with Crippen molar-refractivity contribution in [2.75, 3.05) is 25.5 Å². The second kappa shape index (κ2) is 6.42. The van der Waals surface area contributed by atoms with E-state index in [0.717, 1.165) is 18.5 Å². The van der Waals surface area contributed by atoms with E-state index in [1.165, 1.54) is 6.07 Å². The van der Waals surface area contributed by atoms with Gasteiger partial charge >= 0.3 is 5.97 Å². The predicted octanol–water partition coefficient (Wildman–Crippen LogP) is 2.79. The molecule has 1 aromatic carbocycles. The van der Waals surface area contributed by atoms with Gasteiger partial charge in [0.25, 0.3) is 5.69 Å². The number of phenols is 1. The number of nitro benzene ring substituents is 1. The van der Waals surface area contributed by atoms with Crippen LogP contribution in [0.4, 0.5) is 11.4 Å². The molecule has 0 bridgehead atoms. The van der Waals surface area contributed by atoms with E-state index in [9.17, 15) is 20.0 Å². The van der Waals surface area contributed by atoms with E-state index in [4.69, 9.17) is 5.11 Å². The summed E-state index contributed by atoms with van der Waals surface area (Å²) in [6.07, 6.45) is 1.05. The number of likely N-dealkylation sites (N-methyl/N-ethyl adjacent to an activating group) is 2. The normalized spacial score (nSPS) is 24.5. The first-order valence-electron chi connectivity index (χ1n) is 8.49. The molecule has 0 aliphatic carbocycles. The Kier molecular flexibility index (Phi) is 4.93. The zero-order chi connectivity index (χ0) is 20.0. The second-order valence-electron chi connectivity index (χ2n) is 8.31. The SMILES string of the molecule is CC(C)(C)C(=O)O.CN1CC[C@@]2(C)c3cc(O)cc([N+](=O)[O-])c3N(C)[C@@H]12. The van der Waals surface area contributed by atoms with Crippen LogP contribution < -0.4 is 4.90 Å². The zero-order valence-corrected chi connectivity index (χ0v) is 16.1. The van der Waals surface area contributed by atoms with Crippen LogP contribution in [-0.4, -0.2) is 52.8 Å². The van der Waals surface area contributed by atoms with Gasteiger partial charge in [0.15, 0.2) is 0 Å². The maximum Gasteiger partial charge on any atom is 0.308 e. The first kappa shape index (κ1) is 20.0. The third-order valence-corrected chi connectivity index (χ3v) is 5.22. The van der Waals surface area contributed by atoms with Crippen molar-refractivity contribution < 1.29 is 19.9 Å². The molecule has 8 nitrogen and oxygen atoms in total. The molecule has 0 amide bonds. The van der Waals surface area contributed by atoms with Crippen molar-refractivity contribution in [2.45, 2.75) is 45.7 Å². The van der Waals surface area contributed by atoms with E-state index < -0.39 is 16.3 Å². The van der Waals surface area contributed by atoms with Gasteiger partial charge < -0.3 is 15.1 Å². The topological polar surface area (TPSA) is 107 Å². The third-order valence-electron chi connectivity index (χ3n) is 5.22. The molecule has 1 aromatic rings. The molecule has 2 heterocycles. The molecule has 144 valence electrons. The van der Waals surface area contributed by atoms with E-state index in [2.05, 4.69) is 11.8 Å². The zero-order valence-electron chi connectivity index (χ0n) is 16.1. The summed E-state index contributed by atoms with van der Waals surface area (Å²) >= 11 is 0. The first-order valence-corrected chi connectivity index (χ1v) is 8.49. The highest BCUT2D eigenvalue weighted by Gasteiger charge is 2.54. The molecule has 8 heteroatoms. The first-order chi connectivity index (χ1) is 11.8. The van der Waals surface area contributed by atoms with Crippen LogP contribution >= 0.6 is 0 Å². The molecule has 0 saturated carbocycles. The van der Waals surface area contributed by atoms with Crippen molar-refractivity contribution in [1.29, 1.82) is 0 Å². The minimum atomic E-state index is -0.757. The van der Waals surface area contributed by atoms with Gasteiger partial charge in [0.2, 0.25) is 0 Å². The smallest absolute Gasteiger partial charge is 0.308 e. The number of hydrogen-bond donors (Lipinski definition) is 2. The molecule has 2 atom stereocenters. The number of fused-ring (bicyclic) bond motifs is 3. The van der Waals surface area contributed by atoms with Gasteiger partial charge in [-0.15, -0.1) is 0 Å². The number of phenolic OH excluding ortho intramolecular Hbond substituents is 1. The minimum Gasteiger partial charge on any atom is -0.508 e. The summed E-state index contributed by atoms with van der Waals surface area (Å²) in [5.41, 5.74) is 0.766. The number of carbonyl (C=O) groups is 1. The van der Waals surface area contributed by atoms with Crippen molar-refractivity contribution in [3.8, 4) is 5.75 Å². The predicted molar refractivity (Wildman–Crippen MR) is 98.6 cm³/mol. The van der Waals surface area contributed by atoms with E-state index in [0.29, 0.717) is 5.69 Å². The lowest BCUT2D eigenvalue weighted by atomic mass is 9.81. The molecule has 26 heavy (non-hydrogen) atoms. The molecule has 3 rings (SSSR count). The van der Waals surface area contributed by atoms with E-state index in [1.807, 2.05) is 19.0 Å². The monoisotopic (exact) mass is 365 g/mol. The van der Waals surface area contributed by atoms with Gasteiger partial charge in [0, 0.05) is 19.0 Å². The van der Waals surface area contributed by atoms with Crippen LogP contribution in [0.15, 0.2) is 12.1 Å². The summed E-state index contributed by atoms with van der Waals surface area (Å²) in [5.74, 6) is -0.789. The lowest BCUT2D eigenvalue weighted by Gasteiger charge is -2.32. The number of aliphatic carboxylic acids is 1.